The maximum atomic E-state index is 14.3. The Hall–Kier alpha value is -2.02. The summed E-state index contributed by atoms with van der Waals surface area (Å²) in [5, 5.41) is 2.43. The van der Waals surface area contributed by atoms with E-state index >= 15 is 0 Å². The van der Waals surface area contributed by atoms with Gasteiger partial charge in [0.2, 0.25) is 0 Å². The fourth-order valence-corrected chi connectivity index (χ4v) is 3.28. The number of halogens is 4. The number of carbonyl (C=O) groups excluding carboxylic acids is 1. The van der Waals surface area contributed by atoms with Crippen LogP contribution in [0.4, 0.5) is 24.5 Å². The zero-order chi connectivity index (χ0) is 17.3. The third-order valence-corrected chi connectivity index (χ3v) is 4.53. The second-order valence-corrected chi connectivity index (χ2v) is 6.42. The summed E-state index contributed by atoms with van der Waals surface area (Å²) >= 11 is 3.09. The summed E-state index contributed by atoms with van der Waals surface area (Å²) in [7, 11) is 0. The van der Waals surface area contributed by atoms with Crippen molar-refractivity contribution in [3.05, 3.63) is 57.8 Å². The molecule has 1 aliphatic rings. The van der Waals surface area contributed by atoms with Gasteiger partial charge in [0.1, 0.15) is 11.5 Å². The van der Waals surface area contributed by atoms with Crippen molar-refractivity contribution in [2.45, 2.75) is 12.8 Å². The molecule has 24 heavy (non-hydrogen) atoms. The van der Waals surface area contributed by atoms with E-state index in [1.54, 1.807) is 4.90 Å². The zero-order valence-corrected chi connectivity index (χ0v) is 14.2. The summed E-state index contributed by atoms with van der Waals surface area (Å²) in [4.78, 5) is 13.9. The van der Waals surface area contributed by atoms with Crippen LogP contribution in [0.15, 0.2) is 34.8 Å². The van der Waals surface area contributed by atoms with Crippen molar-refractivity contribution < 1.29 is 18.0 Å². The van der Waals surface area contributed by atoms with Crippen molar-refractivity contribution in [2.75, 3.05) is 23.3 Å². The van der Waals surface area contributed by atoms with Gasteiger partial charge in [-0.3, -0.25) is 4.79 Å². The van der Waals surface area contributed by atoms with E-state index in [0.29, 0.717) is 13.1 Å². The highest BCUT2D eigenvalue weighted by Crippen LogP contribution is 2.30. The highest BCUT2D eigenvalue weighted by Gasteiger charge is 2.21. The smallest absolute Gasteiger partial charge is 0.256 e. The molecule has 1 saturated heterocycles. The van der Waals surface area contributed by atoms with Gasteiger partial charge in [-0.1, -0.05) is 0 Å². The number of benzene rings is 2. The maximum Gasteiger partial charge on any atom is 0.256 e. The molecule has 0 saturated carbocycles. The molecule has 7 heteroatoms. The van der Waals surface area contributed by atoms with Gasteiger partial charge in [0.15, 0.2) is 11.6 Å². The molecule has 2 aromatic carbocycles. The lowest BCUT2D eigenvalue weighted by atomic mass is 10.2. The second kappa shape index (κ2) is 6.84. The summed E-state index contributed by atoms with van der Waals surface area (Å²) in [6, 6.07) is 5.75. The van der Waals surface area contributed by atoms with Gasteiger partial charge < -0.3 is 10.2 Å². The number of nitrogens with zero attached hydrogens (tertiary/aromatic N) is 1. The molecule has 126 valence electrons. The Labute approximate surface area is 145 Å². The predicted octanol–water partition coefficient (Wildman–Crippen LogP) is 4.72. The molecule has 0 unspecified atom stereocenters. The van der Waals surface area contributed by atoms with Crippen LogP contribution >= 0.6 is 15.9 Å². The van der Waals surface area contributed by atoms with Crippen LogP contribution in [0.1, 0.15) is 23.2 Å². The lowest BCUT2D eigenvalue weighted by Crippen LogP contribution is -2.21. The molecule has 0 bridgehead atoms. The van der Waals surface area contributed by atoms with E-state index in [-0.39, 0.29) is 21.4 Å². The molecule has 1 fully saturated rings. The van der Waals surface area contributed by atoms with Crippen LogP contribution in [0, 0.1) is 17.5 Å². The van der Waals surface area contributed by atoms with Crippen LogP contribution in [0.5, 0.6) is 0 Å². The molecule has 0 aromatic heterocycles. The Morgan fingerprint density at radius 1 is 1.04 bits per heavy atom. The Morgan fingerprint density at radius 2 is 1.67 bits per heavy atom. The molecule has 3 nitrogen and oxygen atoms in total. The van der Waals surface area contributed by atoms with E-state index in [2.05, 4.69) is 21.2 Å². The first-order chi connectivity index (χ1) is 11.5. The number of amides is 1. The molecule has 0 spiro atoms. The van der Waals surface area contributed by atoms with Crippen LogP contribution < -0.4 is 10.2 Å². The standard InChI is InChI=1S/C17H14BrF3N2O/c18-13-7-10(19)3-4-12(13)17(24)22-11-8-14(20)16(15(21)9-11)23-5-1-2-6-23/h3-4,7-9H,1-2,5-6H2,(H,22,24). The van der Waals surface area contributed by atoms with Crippen LogP contribution in [-0.2, 0) is 0 Å². The molecule has 1 N–H and O–H groups in total. The molecule has 0 atom stereocenters. The Kier molecular flexibility index (Phi) is 4.80. The van der Waals surface area contributed by atoms with Crippen molar-refractivity contribution in [1.82, 2.24) is 0 Å². The fraction of sp³-hybridized carbons (Fsp3) is 0.235. The number of anilines is 2. The summed E-state index contributed by atoms with van der Waals surface area (Å²) in [5.74, 6) is -2.52. The van der Waals surface area contributed by atoms with Gasteiger partial charge in [0.05, 0.1) is 5.56 Å². The van der Waals surface area contributed by atoms with E-state index < -0.39 is 23.4 Å². The van der Waals surface area contributed by atoms with Crippen LogP contribution in [0.2, 0.25) is 0 Å². The van der Waals surface area contributed by atoms with Gasteiger partial charge in [-0.25, -0.2) is 13.2 Å². The van der Waals surface area contributed by atoms with Crippen LogP contribution in [0.25, 0.3) is 0 Å². The minimum absolute atomic E-state index is 0.00849. The highest BCUT2D eigenvalue weighted by molar-refractivity contribution is 9.10. The van der Waals surface area contributed by atoms with E-state index in [0.717, 1.165) is 37.1 Å². The summed E-state index contributed by atoms with van der Waals surface area (Å²) in [6.07, 6.45) is 1.80. The van der Waals surface area contributed by atoms with Crippen molar-refractivity contribution in [3.8, 4) is 0 Å². The molecule has 0 aliphatic carbocycles. The fourth-order valence-electron chi connectivity index (χ4n) is 2.75. The number of carbonyl (C=O) groups is 1. The lowest BCUT2D eigenvalue weighted by molar-refractivity contribution is 0.102. The quantitative estimate of drug-likeness (QED) is 0.811. The average molecular weight is 399 g/mol. The molecule has 1 aliphatic heterocycles. The van der Waals surface area contributed by atoms with Gasteiger partial charge in [-0.05, 0) is 59.1 Å². The van der Waals surface area contributed by atoms with Crippen LogP contribution in [0.3, 0.4) is 0 Å². The van der Waals surface area contributed by atoms with Gasteiger partial charge in [-0.2, -0.15) is 0 Å². The molecule has 3 rings (SSSR count). The third-order valence-electron chi connectivity index (χ3n) is 3.87. The zero-order valence-electron chi connectivity index (χ0n) is 12.6. The molecular weight excluding hydrogens is 385 g/mol. The molecule has 1 heterocycles. The van der Waals surface area contributed by atoms with E-state index in [1.165, 1.54) is 6.07 Å². The maximum absolute atomic E-state index is 14.3. The third kappa shape index (κ3) is 3.40. The van der Waals surface area contributed by atoms with E-state index in [9.17, 15) is 18.0 Å². The van der Waals surface area contributed by atoms with Gasteiger partial charge >= 0.3 is 0 Å². The van der Waals surface area contributed by atoms with Crippen molar-refractivity contribution in [1.29, 1.82) is 0 Å². The topological polar surface area (TPSA) is 32.3 Å². The molecule has 1 amide bonds. The van der Waals surface area contributed by atoms with E-state index in [1.807, 2.05) is 0 Å². The number of hydrogen-bond acceptors (Lipinski definition) is 2. The minimum atomic E-state index is -0.717. The average Bonchev–Trinajstić information content (AvgIpc) is 3.00. The number of rotatable bonds is 3. The van der Waals surface area contributed by atoms with E-state index in [4.69, 9.17) is 0 Å². The summed E-state index contributed by atoms with van der Waals surface area (Å²) in [6.45, 7) is 1.23. The van der Waals surface area contributed by atoms with Gasteiger partial charge in [0, 0.05) is 23.2 Å². The van der Waals surface area contributed by atoms with Crippen molar-refractivity contribution >= 4 is 33.2 Å². The predicted molar refractivity (Wildman–Crippen MR) is 89.9 cm³/mol. The first kappa shape index (κ1) is 16.8. The number of hydrogen-bond donors (Lipinski definition) is 1. The highest BCUT2D eigenvalue weighted by atomic mass is 79.9. The second-order valence-electron chi connectivity index (χ2n) is 5.56. The molecule has 2 aromatic rings. The van der Waals surface area contributed by atoms with Crippen LogP contribution in [-0.4, -0.2) is 19.0 Å². The first-order valence-electron chi connectivity index (χ1n) is 7.46. The largest absolute Gasteiger partial charge is 0.367 e. The van der Waals surface area contributed by atoms with Crippen molar-refractivity contribution in [2.24, 2.45) is 0 Å². The Balaban J connectivity index is 1.84. The molecular formula is C17H14BrF3N2O. The first-order valence-corrected chi connectivity index (χ1v) is 8.25. The number of nitrogens with one attached hydrogen (secondary N) is 1. The Morgan fingerprint density at radius 3 is 2.25 bits per heavy atom. The minimum Gasteiger partial charge on any atom is -0.367 e. The molecule has 0 radical (unpaired) electrons. The monoisotopic (exact) mass is 398 g/mol. The Bertz CT molecular complexity index is 768. The van der Waals surface area contributed by atoms with Gasteiger partial charge in [-0.15, -0.1) is 0 Å². The lowest BCUT2D eigenvalue weighted by Gasteiger charge is -2.20. The normalized spacial score (nSPS) is 14.1. The SMILES string of the molecule is O=C(Nc1cc(F)c(N2CCCC2)c(F)c1)c1ccc(F)cc1Br. The summed E-state index contributed by atoms with van der Waals surface area (Å²) in [5.41, 5.74) is 0.114. The van der Waals surface area contributed by atoms with Crippen molar-refractivity contribution in [3.63, 3.8) is 0 Å². The van der Waals surface area contributed by atoms with Gasteiger partial charge in [0.25, 0.3) is 5.91 Å². The summed E-state index contributed by atoms with van der Waals surface area (Å²) < 4.78 is 41.8.